The summed E-state index contributed by atoms with van der Waals surface area (Å²) < 4.78 is 8.64. The molecular formula is C22H22BrNO2. The average molecular weight is 412 g/mol. The number of ether oxygens (including phenoxy) is 1. The van der Waals surface area contributed by atoms with Crippen LogP contribution in [0.4, 0.5) is 0 Å². The van der Waals surface area contributed by atoms with Gasteiger partial charge in [-0.05, 0) is 50.6 Å². The van der Waals surface area contributed by atoms with E-state index in [0.717, 1.165) is 21.1 Å². The average Bonchev–Trinajstić information content (AvgIpc) is 2.91. The highest BCUT2D eigenvalue weighted by Crippen LogP contribution is 2.25. The third-order valence-electron chi connectivity index (χ3n) is 3.93. The van der Waals surface area contributed by atoms with Crippen LogP contribution in [0.5, 0.6) is 0 Å². The van der Waals surface area contributed by atoms with Crippen molar-refractivity contribution in [1.82, 2.24) is 4.57 Å². The first kappa shape index (κ1) is 18.5. The van der Waals surface area contributed by atoms with Gasteiger partial charge in [-0.25, -0.2) is 4.79 Å². The fraction of sp³-hybridized carbons (Fsp3) is 0.227. The maximum Gasteiger partial charge on any atom is 0.331 e. The third-order valence-corrected chi connectivity index (χ3v) is 4.70. The second-order valence-electron chi connectivity index (χ2n) is 7.17. The Kier molecular flexibility index (Phi) is 5.33. The monoisotopic (exact) mass is 411 g/mol. The molecule has 0 saturated heterocycles. The van der Waals surface area contributed by atoms with E-state index in [-0.39, 0.29) is 5.97 Å². The molecule has 4 heteroatoms. The molecule has 26 heavy (non-hydrogen) atoms. The summed E-state index contributed by atoms with van der Waals surface area (Å²) in [5.74, 6) is -0.338. The van der Waals surface area contributed by atoms with Crippen LogP contribution in [0.25, 0.3) is 17.0 Å². The van der Waals surface area contributed by atoms with Gasteiger partial charge in [0.05, 0.1) is 0 Å². The number of rotatable bonds is 4. The molecule has 0 N–H and O–H groups in total. The molecule has 3 nitrogen and oxygen atoms in total. The normalized spacial score (nSPS) is 12.0. The van der Waals surface area contributed by atoms with Gasteiger partial charge in [0, 0.05) is 33.7 Å². The predicted octanol–water partition coefficient (Wildman–Crippen LogP) is 5.81. The van der Waals surface area contributed by atoms with Gasteiger partial charge in [-0.15, -0.1) is 0 Å². The summed E-state index contributed by atoms with van der Waals surface area (Å²) >= 11 is 3.62. The number of nitrogens with zero attached hydrogens (tertiary/aromatic N) is 1. The van der Waals surface area contributed by atoms with Gasteiger partial charge in [0.15, 0.2) is 0 Å². The molecule has 0 atom stereocenters. The molecule has 1 heterocycles. The summed E-state index contributed by atoms with van der Waals surface area (Å²) in [6.45, 7) is 6.30. The molecule has 0 unspecified atom stereocenters. The van der Waals surface area contributed by atoms with Gasteiger partial charge in [-0.3, -0.25) is 0 Å². The number of hydrogen-bond donors (Lipinski definition) is 0. The molecule has 0 radical (unpaired) electrons. The zero-order chi connectivity index (χ0) is 18.7. The molecule has 0 aliphatic rings. The van der Waals surface area contributed by atoms with Crippen molar-refractivity contribution in [2.45, 2.75) is 32.9 Å². The summed E-state index contributed by atoms with van der Waals surface area (Å²) in [5, 5.41) is 1.14. The van der Waals surface area contributed by atoms with Crippen LogP contribution < -0.4 is 0 Å². The lowest BCUT2D eigenvalue weighted by Gasteiger charge is -2.18. The first-order valence-electron chi connectivity index (χ1n) is 8.56. The minimum absolute atomic E-state index is 0.338. The van der Waals surface area contributed by atoms with Crippen LogP contribution in [0.1, 0.15) is 32.0 Å². The Bertz CT molecular complexity index is 964. The van der Waals surface area contributed by atoms with Crippen LogP contribution in [0.3, 0.4) is 0 Å². The van der Waals surface area contributed by atoms with Crippen molar-refractivity contribution in [3.8, 4) is 0 Å². The number of benzene rings is 2. The summed E-state index contributed by atoms with van der Waals surface area (Å²) in [5.41, 5.74) is 2.78. The molecule has 0 spiro atoms. The second kappa shape index (κ2) is 7.50. The number of halogens is 1. The highest BCUT2D eigenvalue weighted by Gasteiger charge is 2.14. The Morgan fingerprint density at radius 3 is 2.54 bits per heavy atom. The molecule has 0 bridgehead atoms. The van der Waals surface area contributed by atoms with Crippen LogP contribution in [-0.2, 0) is 16.1 Å². The molecule has 0 saturated carbocycles. The molecule has 3 aromatic rings. The molecule has 0 amide bonds. The van der Waals surface area contributed by atoms with Crippen molar-refractivity contribution in [3.05, 3.63) is 76.4 Å². The van der Waals surface area contributed by atoms with E-state index in [1.165, 1.54) is 11.6 Å². The molecular weight excluding hydrogens is 390 g/mol. The number of para-hydroxylation sites is 1. The largest absolute Gasteiger partial charge is 0.457 e. The standard InChI is InChI=1S/C22H22BrNO2/c1-22(2,3)26-21(25)13-12-18-14-16-8-5-7-11-20(16)24(18)15-17-9-4-6-10-19(17)23/h4-14H,15H2,1-3H3/b13-12+. The van der Waals surface area contributed by atoms with Crippen LogP contribution in [-0.4, -0.2) is 16.1 Å². The molecule has 0 aliphatic carbocycles. The maximum atomic E-state index is 12.0. The molecule has 3 rings (SSSR count). The minimum Gasteiger partial charge on any atom is -0.457 e. The Hall–Kier alpha value is -2.33. The second-order valence-corrected chi connectivity index (χ2v) is 8.03. The van der Waals surface area contributed by atoms with E-state index in [1.54, 1.807) is 0 Å². The highest BCUT2D eigenvalue weighted by molar-refractivity contribution is 9.10. The quantitative estimate of drug-likeness (QED) is 0.400. The number of carbonyl (C=O) groups excluding carboxylic acids is 1. The SMILES string of the molecule is CC(C)(C)OC(=O)/C=C/c1cc2ccccc2n1Cc1ccccc1Br. The van der Waals surface area contributed by atoms with Crippen molar-refractivity contribution >= 4 is 38.9 Å². The van der Waals surface area contributed by atoms with Crippen molar-refractivity contribution in [3.63, 3.8) is 0 Å². The fourth-order valence-corrected chi connectivity index (χ4v) is 3.24. The predicted molar refractivity (Wildman–Crippen MR) is 110 cm³/mol. The maximum absolute atomic E-state index is 12.0. The lowest BCUT2D eigenvalue weighted by atomic mass is 10.2. The highest BCUT2D eigenvalue weighted by atomic mass is 79.9. The summed E-state index contributed by atoms with van der Waals surface area (Å²) in [7, 11) is 0. The van der Waals surface area contributed by atoms with Gasteiger partial charge in [0.2, 0.25) is 0 Å². The number of carbonyl (C=O) groups is 1. The first-order chi connectivity index (χ1) is 12.3. The molecule has 1 aromatic heterocycles. The molecule has 0 fully saturated rings. The van der Waals surface area contributed by atoms with E-state index in [9.17, 15) is 4.79 Å². The summed E-state index contributed by atoms with van der Waals surface area (Å²) in [4.78, 5) is 12.0. The van der Waals surface area contributed by atoms with Crippen molar-refractivity contribution in [2.75, 3.05) is 0 Å². The number of fused-ring (bicyclic) bond motifs is 1. The van der Waals surface area contributed by atoms with Gasteiger partial charge < -0.3 is 9.30 Å². The van der Waals surface area contributed by atoms with Crippen molar-refractivity contribution in [1.29, 1.82) is 0 Å². The van der Waals surface area contributed by atoms with Gasteiger partial charge >= 0.3 is 5.97 Å². The molecule has 0 aliphatic heterocycles. The number of aromatic nitrogens is 1. The Morgan fingerprint density at radius 1 is 1.12 bits per heavy atom. The molecule has 134 valence electrons. The van der Waals surface area contributed by atoms with Crippen LogP contribution in [0.2, 0.25) is 0 Å². The van der Waals surface area contributed by atoms with Gasteiger partial charge in [-0.2, -0.15) is 0 Å². The van der Waals surface area contributed by atoms with E-state index in [1.807, 2.05) is 57.2 Å². The van der Waals surface area contributed by atoms with Gasteiger partial charge in [-0.1, -0.05) is 52.3 Å². The van der Waals surface area contributed by atoms with E-state index in [2.05, 4.69) is 44.8 Å². The van der Waals surface area contributed by atoms with Gasteiger partial charge in [0.1, 0.15) is 5.60 Å². The lowest BCUT2D eigenvalue weighted by molar-refractivity contribution is -0.148. The summed E-state index contributed by atoms with van der Waals surface area (Å²) in [6.07, 6.45) is 3.32. The topological polar surface area (TPSA) is 31.2 Å². The zero-order valence-corrected chi connectivity index (χ0v) is 16.8. The Balaban J connectivity index is 1.97. The Labute approximate surface area is 162 Å². The van der Waals surface area contributed by atoms with Crippen molar-refractivity contribution in [2.24, 2.45) is 0 Å². The third kappa shape index (κ3) is 4.44. The zero-order valence-electron chi connectivity index (χ0n) is 15.2. The van der Waals surface area contributed by atoms with Crippen LogP contribution in [0.15, 0.2) is 65.1 Å². The van der Waals surface area contributed by atoms with Crippen molar-refractivity contribution < 1.29 is 9.53 Å². The first-order valence-corrected chi connectivity index (χ1v) is 9.35. The van der Waals surface area contributed by atoms with E-state index < -0.39 is 5.60 Å². The van der Waals surface area contributed by atoms with Gasteiger partial charge in [0.25, 0.3) is 0 Å². The van der Waals surface area contributed by atoms with E-state index in [4.69, 9.17) is 4.74 Å². The summed E-state index contributed by atoms with van der Waals surface area (Å²) in [6, 6.07) is 18.5. The Morgan fingerprint density at radius 2 is 1.81 bits per heavy atom. The smallest absolute Gasteiger partial charge is 0.331 e. The molecule has 2 aromatic carbocycles. The van der Waals surface area contributed by atoms with E-state index in [0.29, 0.717) is 6.54 Å². The minimum atomic E-state index is -0.497. The fourth-order valence-electron chi connectivity index (χ4n) is 2.83. The lowest BCUT2D eigenvalue weighted by Crippen LogP contribution is -2.22. The van der Waals surface area contributed by atoms with Crippen LogP contribution >= 0.6 is 15.9 Å². The number of hydrogen-bond acceptors (Lipinski definition) is 2. The number of esters is 1. The van der Waals surface area contributed by atoms with E-state index >= 15 is 0 Å². The van der Waals surface area contributed by atoms with Crippen LogP contribution in [0, 0.1) is 0 Å².